The minimum absolute atomic E-state index is 0.0610. The van der Waals surface area contributed by atoms with Gasteiger partial charge in [0.2, 0.25) is 11.8 Å². The lowest BCUT2D eigenvalue weighted by molar-refractivity contribution is -0.132. The van der Waals surface area contributed by atoms with Crippen molar-refractivity contribution in [3.8, 4) is 11.3 Å². The van der Waals surface area contributed by atoms with Gasteiger partial charge in [-0.05, 0) is 245 Å². The van der Waals surface area contributed by atoms with Gasteiger partial charge in [-0.2, -0.15) is 5.10 Å². The molecule has 0 radical (unpaired) electrons. The topological polar surface area (TPSA) is 162 Å². The molecule has 2 aliphatic heterocycles. The van der Waals surface area contributed by atoms with Crippen LogP contribution in [0.5, 0.6) is 0 Å². The SMILES string of the molecule is CC(C)(C)c1ccc(CO)cc1.CC(C)(C)c1ccc(P(C)(C)=O)cc1.CC(C)(C)c1cccc(C(N)=O)c1.CC(C)(C)c1cccc(CP(C)(C)=O)c1.CCc1cc(P(=O)(CC)CC)ccc1C(C)(C)C.CN(C)CC(=O)N1CCN(c2ccc(C(C)(C)C)cc2)CC1.CN1CCC(c2ccc(C(C)(C)C)cc2)CC1.Cc1cc(C(C)(C)C)ccc1-c1ccn(C)n1. The Labute approximate surface area is 779 Å². The average Bonchev–Trinajstić information content (AvgIpc) is 1.33. The molecule has 0 bridgehead atoms. The van der Waals surface area contributed by atoms with Crippen LogP contribution in [0.25, 0.3) is 11.3 Å². The van der Waals surface area contributed by atoms with Crippen LogP contribution in [0, 0.1) is 6.92 Å². The number of piperazine rings is 1. The third-order valence-corrected chi connectivity index (χ3v) is 29.7. The van der Waals surface area contributed by atoms with E-state index in [1.807, 2.05) is 111 Å². The zero-order valence-electron chi connectivity index (χ0n) is 86.5. The predicted octanol–water partition coefficient (Wildman–Crippen LogP) is 26.2. The van der Waals surface area contributed by atoms with Crippen LogP contribution in [-0.2, 0) is 88.0 Å². The number of benzene rings is 8. The Morgan fingerprint density at radius 3 is 1.28 bits per heavy atom. The van der Waals surface area contributed by atoms with Crippen molar-refractivity contribution in [2.45, 2.75) is 275 Å². The number of amides is 2. The van der Waals surface area contributed by atoms with Crippen molar-refractivity contribution in [2.24, 2.45) is 12.8 Å². The van der Waals surface area contributed by atoms with E-state index in [9.17, 15) is 23.3 Å². The lowest BCUT2D eigenvalue weighted by Gasteiger charge is -2.36. The van der Waals surface area contributed by atoms with Crippen molar-refractivity contribution in [3.63, 3.8) is 0 Å². The molecule has 0 spiro atoms. The molecular weight excluding hydrogens is 1630 g/mol. The quantitative estimate of drug-likeness (QED) is 0.100. The first-order valence-electron chi connectivity index (χ1n) is 46.5. The van der Waals surface area contributed by atoms with Crippen molar-refractivity contribution < 1.29 is 28.4 Å². The van der Waals surface area contributed by atoms with E-state index in [1.54, 1.807) is 19.4 Å². The molecule has 16 heteroatoms. The van der Waals surface area contributed by atoms with Gasteiger partial charge in [0.15, 0.2) is 0 Å². The number of carbonyl (C=O) groups excluding carboxylic acids is 2. The second kappa shape index (κ2) is 48.1. The van der Waals surface area contributed by atoms with Crippen molar-refractivity contribution in [3.05, 3.63) is 272 Å². The van der Waals surface area contributed by atoms with Crippen molar-refractivity contribution in [2.75, 3.05) is 111 Å². The highest BCUT2D eigenvalue weighted by Crippen LogP contribution is 2.45. The lowest BCUT2D eigenvalue weighted by Crippen LogP contribution is -2.50. The minimum atomic E-state index is -2.15. The molecule has 706 valence electrons. The fraction of sp³-hybridized carbons (Fsp3) is 0.527. The Kier molecular flexibility index (Phi) is 42.3. The van der Waals surface area contributed by atoms with Crippen LogP contribution in [0.3, 0.4) is 0 Å². The number of rotatable bonds is 14. The number of primary amides is 1. The molecule has 2 amide bonds. The fourth-order valence-electron chi connectivity index (χ4n) is 14.9. The highest BCUT2D eigenvalue weighted by molar-refractivity contribution is 7.71. The average molecular weight is 1810 g/mol. The van der Waals surface area contributed by atoms with Gasteiger partial charge >= 0.3 is 0 Å². The normalized spacial score (nSPS) is 13.9. The molecule has 9 aromatic rings. The second-order valence-corrected chi connectivity index (χ2v) is 54.8. The van der Waals surface area contributed by atoms with E-state index in [-0.39, 0.29) is 61.7 Å². The van der Waals surface area contributed by atoms with Crippen molar-refractivity contribution >= 4 is 49.5 Å². The number of hydrogen-bond donors (Lipinski definition) is 2. The Bertz CT molecular complexity index is 5030. The van der Waals surface area contributed by atoms with Crippen LogP contribution in [0.2, 0.25) is 0 Å². The van der Waals surface area contributed by atoms with Gasteiger partial charge in [-0.1, -0.05) is 339 Å². The highest BCUT2D eigenvalue weighted by atomic mass is 31.2. The van der Waals surface area contributed by atoms with E-state index in [0.717, 1.165) is 78.3 Å². The van der Waals surface area contributed by atoms with Gasteiger partial charge in [-0.3, -0.25) is 14.3 Å². The Balaban J connectivity index is 0.000000308. The number of likely N-dealkylation sites (tertiary alicyclic amines) is 1. The Morgan fingerprint density at radius 2 is 0.891 bits per heavy atom. The molecule has 0 saturated carbocycles. The Morgan fingerprint density at radius 1 is 0.469 bits per heavy atom. The third kappa shape index (κ3) is 38.2. The summed E-state index contributed by atoms with van der Waals surface area (Å²) < 4.78 is 38.1. The molecular formula is C112H172N7O6P3. The summed E-state index contributed by atoms with van der Waals surface area (Å²) in [7, 11) is 1.84. The number of aliphatic hydroxyl groups is 1. The summed E-state index contributed by atoms with van der Waals surface area (Å²) in [6.45, 7) is 75.2. The van der Waals surface area contributed by atoms with Gasteiger partial charge in [0.25, 0.3) is 0 Å². The standard InChI is InChI=1S/C18H29N3O.C16H25N.C16H27OP.C15H20N2.C13H21OP.C12H19OP.C11H15NO.C11H16O/c1-18(2,3)15-6-8-16(9-7-15)20-10-12-21(13-11-20)17(22)14-19(4)5;1-16(2,3)15-7-5-13(6-8-15)14-9-11-17(4)12-10-14;1-7-13-12-14(18(17,8-2)9-3)10-11-15(13)16(4,5)6;1-11-10-12(15(2,3)4)6-7-13(11)14-8-9-17(5)16-14;1-13(2,3)12-8-6-7-11(9-12)10-15(4,5)14;1-12(2,3)10-6-8-11(9-7-10)14(4,5)13;1-11(2,3)9-6-4-5-8(7-9)10(12)13;1-11(2,3)10-6-4-9(8-12)5-7-10/h6-9H,10-14H2,1-5H3;5-8,14H,9-12H2,1-4H3;10-12H,7-9H2,1-6H3;6-10H,1-5H3;6-9H,10H2,1-5H3;6-9H,1-5H3;4-7H,1-3H3,(H2,12,13);4-7,12H,8H2,1-3H3. The number of nitrogens with zero attached hydrogens (tertiary/aromatic N) is 6. The predicted molar refractivity (Wildman–Crippen MR) is 559 cm³/mol. The van der Waals surface area contributed by atoms with Crippen LogP contribution in [0.15, 0.2) is 194 Å². The maximum Gasteiger partial charge on any atom is 0.248 e. The van der Waals surface area contributed by atoms with E-state index < -0.39 is 21.4 Å². The molecule has 0 atom stereocenters. The molecule has 2 aliphatic rings. The molecule has 1 aromatic heterocycles. The first-order chi connectivity index (χ1) is 58.7. The molecule has 13 nitrogen and oxygen atoms in total. The number of carbonyl (C=O) groups is 2. The number of aromatic nitrogens is 2. The van der Waals surface area contributed by atoms with E-state index in [0.29, 0.717) is 18.3 Å². The summed E-state index contributed by atoms with van der Waals surface area (Å²) in [6, 6.07) is 65.5. The number of piperidine rings is 1. The van der Waals surface area contributed by atoms with Crippen LogP contribution >= 0.6 is 21.4 Å². The molecule has 2 fully saturated rings. The maximum absolute atomic E-state index is 12.8. The number of hydrogen-bond acceptors (Lipinski definition) is 10. The third-order valence-electron chi connectivity index (χ3n) is 23.7. The van der Waals surface area contributed by atoms with Crippen LogP contribution in [0.1, 0.15) is 288 Å². The number of likely N-dealkylation sites (N-methyl/N-ethyl adjacent to an activating group) is 1. The van der Waals surface area contributed by atoms with Gasteiger partial charge in [0.1, 0.15) is 14.3 Å². The molecule has 128 heavy (non-hydrogen) atoms. The lowest BCUT2D eigenvalue weighted by atomic mass is 9.83. The fourth-order valence-corrected chi connectivity index (χ4v) is 18.8. The first-order valence-corrected chi connectivity index (χ1v) is 54.0. The highest BCUT2D eigenvalue weighted by Gasteiger charge is 2.28. The Hall–Kier alpha value is -7.72. The number of aryl methyl sites for hydroxylation is 3. The van der Waals surface area contributed by atoms with E-state index >= 15 is 0 Å². The number of anilines is 1. The summed E-state index contributed by atoms with van der Waals surface area (Å²) in [4.78, 5) is 31.7. The van der Waals surface area contributed by atoms with Crippen LogP contribution < -0.4 is 21.2 Å². The van der Waals surface area contributed by atoms with Gasteiger partial charge in [-0.15, -0.1) is 0 Å². The second-order valence-electron chi connectivity index (χ2n) is 44.6. The molecule has 2 saturated heterocycles. The summed E-state index contributed by atoms with van der Waals surface area (Å²) >= 11 is 0. The maximum atomic E-state index is 12.8. The van der Waals surface area contributed by atoms with E-state index in [2.05, 4.69) is 341 Å². The van der Waals surface area contributed by atoms with Gasteiger partial charge in [0.05, 0.1) is 26.0 Å². The van der Waals surface area contributed by atoms with E-state index in [4.69, 9.17) is 10.8 Å². The number of aliphatic hydroxyl groups excluding tert-OH is 1. The summed E-state index contributed by atoms with van der Waals surface area (Å²) in [5.41, 5.74) is 27.6. The smallest absolute Gasteiger partial charge is 0.248 e. The monoisotopic (exact) mass is 1800 g/mol. The number of nitrogens with two attached hydrogens (primary N) is 1. The zero-order valence-corrected chi connectivity index (χ0v) is 89.2. The summed E-state index contributed by atoms with van der Waals surface area (Å²) in [6.07, 6.45) is 7.84. The minimum Gasteiger partial charge on any atom is -0.392 e. The summed E-state index contributed by atoms with van der Waals surface area (Å²) in [5, 5.41) is 15.3. The molecule has 8 aromatic carbocycles. The van der Waals surface area contributed by atoms with Crippen LogP contribution in [0.4, 0.5) is 5.69 Å². The zero-order chi connectivity index (χ0) is 97.3. The van der Waals surface area contributed by atoms with Crippen molar-refractivity contribution in [1.29, 1.82) is 0 Å². The van der Waals surface area contributed by atoms with Gasteiger partial charge < -0.3 is 44.1 Å². The molecule has 11 rings (SSSR count). The van der Waals surface area contributed by atoms with Crippen molar-refractivity contribution in [1.82, 2.24) is 24.5 Å². The van der Waals surface area contributed by atoms with Gasteiger partial charge in [-0.25, -0.2) is 0 Å². The molecule has 3 N–H and O–H groups in total. The van der Waals surface area contributed by atoms with Gasteiger partial charge in [0, 0.05) is 85.3 Å². The summed E-state index contributed by atoms with van der Waals surface area (Å²) in [5.74, 6) is 0.638. The largest absolute Gasteiger partial charge is 0.392 e. The van der Waals surface area contributed by atoms with Crippen LogP contribution in [-0.4, -0.2) is 147 Å². The first kappa shape index (κ1) is 113. The molecule has 3 heterocycles. The molecule has 0 unspecified atom stereocenters. The van der Waals surface area contributed by atoms with E-state index in [1.165, 1.54) is 98.4 Å². The molecule has 0 aliphatic carbocycles.